The number of aliphatic hydroxyl groups excluding tert-OH is 5. The Morgan fingerprint density at radius 3 is 2.38 bits per heavy atom. The highest BCUT2D eigenvalue weighted by molar-refractivity contribution is 8.02. The number of carbonyl (C=O) groups is 1. The van der Waals surface area contributed by atoms with Gasteiger partial charge in [0.25, 0.3) is 0 Å². The Kier molecular flexibility index (Phi) is 14.1. The van der Waals surface area contributed by atoms with Crippen LogP contribution in [-0.4, -0.2) is 142 Å². The van der Waals surface area contributed by atoms with Crippen LogP contribution >= 0.6 is 23.5 Å². The Bertz CT molecular complexity index is 581. The number of nitrogens with two attached hydrogens (primary N) is 1. The smallest absolute Gasteiger partial charge is 0.187 e. The number of hydrogen-bond donors (Lipinski definition) is 6. The van der Waals surface area contributed by atoms with Crippen LogP contribution in [0.3, 0.4) is 0 Å². The zero-order valence-corrected chi connectivity index (χ0v) is 20.9. The summed E-state index contributed by atoms with van der Waals surface area (Å²) in [6.45, 7) is 0.514. The first-order valence-corrected chi connectivity index (χ1v) is 13.6. The van der Waals surface area contributed by atoms with Gasteiger partial charge in [-0.25, -0.2) is 0 Å². The zero-order chi connectivity index (χ0) is 25.1. The average Bonchev–Trinajstić information content (AvgIpc) is 2.84. The van der Waals surface area contributed by atoms with Gasteiger partial charge in [-0.1, -0.05) is 0 Å². The van der Waals surface area contributed by atoms with Crippen LogP contribution in [0.15, 0.2) is 0 Å². The molecule has 0 saturated carbocycles. The molecule has 2 saturated heterocycles. The standard InChI is InChI=1S/C20H38N2O10S2/c1-29-22(4-2-5-33-7-8-34-6-3-21)19-17(28)16(27)18(14(11-24)31-19)32-20-15(26)13(25)9-12(10-23)30-20/h10,12-20,24-28H,2-9,11,21H2,1H3/t12?,13?,14?,15?,16?,17?,18-,19-,20+/m1/s1. The predicted molar refractivity (Wildman–Crippen MR) is 126 cm³/mol. The van der Waals surface area contributed by atoms with Crippen molar-refractivity contribution < 1.29 is 49.4 Å². The van der Waals surface area contributed by atoms with Gasteiger partial charge in [0, 0.05) is 36.8 Å². The molecule has 0 aliphatic carbocycles. The number of rotatable bonds is 15. The van der Waals surface area contributed by atoms with E-state index in [4.69, 9.17) is 24.8 Å². The fraction of sp³-hybridized carbons (Fsp3) is 0.950. The summed E-state index contributed by atoms with van der Waals surface area (Å²) in [7, 11) is 1.42. The summed E-state index contributed by atoms with van der Waals surface area (Å²) in [5.41, 5.74) is 5.47. The molecule has 2 fully saturated rings. The van der Waals surface area contributed by atoms with E-state index in [1.165, 1.54) is 12.2 Å². The van der Waals surface area contributed by atoms with E-state index in [2.05, 4.69) is 0 Å². The molecule has 7 N–H and O–H groups in total. The van der Waals surface area contributed by atoms with Crippen molar-refractivity contribution in [2.24, 2.45) is 5.73 Å². The minimum Gasteiger partial charge on any atom is -0.394 e. The maximum atomic E-state index is 11.1. The Morgan fingerprint density at radius 2 is 1.76 bits per heavy atom. The zero-order valence-electron chi connectivity index (χ0n) is 19.3. The molecule has 0 spiro atoms. The molecule has 0 aromatic carbocycles. The molecule has 0 bridgehead atoms. The maximum Gasteiger partial charge on any atom is 0.187 e. The first kappa shape index (κ1) is 30.2. The molecule has 9 atom stereocenters. The maximum absolute atomic E-state index is 11.1. The number of carbonyl (C=O) groups excluding carboxylic acids is 1. The molecule has 14 heteroatoms. The monoisotopic (exact) mass is 530 g/mol. The second-order valence-electron chi connectivity index (χ2n) is 7.99. The highest BCUT2D eigenvalue weighted by Crippen LogP contribution is 2.30. The Morgan fingerprint density at radius 1 is 1.06 bits per heavy atom. The van der Waals surface area contributed by atoms with Crippen LogP contribution in [0.4, 0.5) is 0 Å². The molecule has 0 radical (unpaired) electrons. The lowest BCUT2D eigenvalue weighted by atomic mass is 9.97. The van der Waals surface area contributed by atoms with Crippen molar-refractivity contribution in [2.75, 3.05) is 49.8 Å². The summed E-state index contributed by atoms with van der Waals surface area (Å²) < 4.78 is 16.7. The van der Waals surface area contributed by atoms with Crippen LogP contribution in [-0.2, 0) is 23.8 Å². The second kappa shape index (κ2) is 15.9. The molecule has 12 nitrogen and oxygen atoms in total. The number of aldehydes is 1. The topological polar surface area (TPSA) is 184 Å². The molecule has 200 valence electrons. The van der Waals surface area contributed by atoms with Crippen LogP contribution in [0.25, 0.3) is 0 Å². The van der Waals surface area contributed by atoms with Gasteiger partial charge in [-0.2, -0.15) is 28.6 Å². The molecule has 2 heterocycles. The second-order valence-corrected chi connectivity index (χ2v) is 10.4. The predicted octanol–water partition coefficient (Wildman–Crippen LogP) is -2.48. The fourth-order valence-corrected chi connectivity index (χ4v) is 5.60. The van der Waals surface area contributed by atoms with Gasteiger partial charge in [-0.3, -0.25) is 4.84 Å². The van der Waals surface area contributed by atoms with Crippen molar-refractivity contribution in [3.63, 3.8) is 0 Å². The van der Waals surface area contributed by atoms with Gasteiger partial charge < -0.3 is 50.3 Å². The Labute approximate surface area is 208 Å². The van der Waals surface area contributed by atoms with Gasteiger partial charge in [0.2, 0.25) is 0 Å². The van der Waals surface area contributed by atoms with Crippen molar-refractivity contribution in [1.29, 1.82) is 0 Å². The van der Waals surface area contributed by atoms with Crippen LogP contribution in [0.2, 0.25) is 0 Å². The quantitative estimate of drug-likeness (QED) is 0.0743. The van der Waals surface area contributed by atoms with Crippen LogP contribution in [0.5, 0.6) is 0 Å². The van der Waals surface area contributed by atoms with Gasteiger partial charge in [-0.05, 0) is 12.2 Å². The summed E-state index contributed by atoms with van der Waals surface area (Å²) in [4.78, 5) is 16.4. The van der Waals surface area contributed by atoms with Crippen molar-refractivity contribution in [3.05, 3.63) is 0 Å². The SMILES string of the molecule is CON(CCCSCCSCCN)[C@@H]1OC(CO)[C@@H](O[C@@H]2OC(C=O)CC(O)C2O)C(O)C1O. The largest absolute Gasteiger partial charge is 0.394 e. The van der Waals surface area contributed by atoms with E-state index >= 15 is 0 Å². The van der Waals surface area contributed by atoms with E-state index in [9.17, 15) is 30.3 Å². The number of ether oxygens (including phenoxy) is 3. The summed E-state index contributed by atoms with van der Waals surface area (Å²) in [6, 6.07) is 0. The number of thioether (sulfide) groups is 2. The van der Waals surface area contributed by atoms with Crippen molar-refractivity contribution in [2.45, 2.75) is 68.1 Å². The van der Waals surface area contributed by atoms with Gasteiger partial charge in [0.15, 0.2) is 12.5 Å². The lowest BCUT2D eigenvalue weighted by Gasteiger charge is -2.47. The minimum atomic E-state index is -1.54. The van der Waals surface area contributed by atoms with Gasteiger partial charge >= 0.3 is 0 Å². The van der Waals surface area contributed by atoms with E-state index in [1.54, 1.807) is 11.8 Å². The Balaban J connectivity index is 1.91. The molecule has 2 aliphatic rings. The van der Waals surface area contributed by atoms with Gasteiger partial charge in [0.05, 0.1) is 19.8 Å². The van der Waals surface area contributed by atoms with E-state index in [-0.39, 0.29) is 6.42 Å². The van der Waals surface area contributed by atoms with Crippen LogP contribution in [0.1, 0.15) is 12.8 Å². The fourth-order valence-electron chi connectivity index (χ4n) is 3.75. The van der Waals surface area contributed by atoms with Crippen molar-refractivity contribution >= 4 is 29.8 Å². The average molecular weight is 531 g/mol. The van der Waals surface area contributed by atoms with E-state index in [1.807, 2.05) is 11.8 Å². The lowest BCUT2D eigenvalue weighted by Crippen LogP contribution is -2.65. The number of hydrogen-bond acceptors (Lipinski definition) is 14. The summed E-state index contributed by atoms with van der Waals surface area (Å²) >= 11 is 3.60. The van der Waals surface area contributed by atoms with E-state index in [0.29, 0.717) is 19.4 Å². The first-order chi connectivity index (χ1) is 16.4. The van der Waals surface area contributed by atoms with Gasteiger partial charge in [-0.15, -0.1) is 0 Å². The molecule has 0 aromatic rings. The third-order valence-electron chi connectivity index (χ3n) is 5.56. The molecule has 34 heavy (non-hydrogen) atoms. The van der Waals surface area contributed by atoms with E-state index < -0.39 is 61.9 Å². The molecule has 2 rings (SSSR count). The van der Waals surface area contributed by atoms with E-state index in [0.717, 1.165) is 29.4 Å². The summed E-state index contributed by atoms with van der Waals surface area (Å²) in [5, 5.41) is 52.8. The normalized spacial score (nSPS) is 36.6. The van der Waals surface area contributed by atoms with Crippen LogP contribution < -0.4 is 5.73 Å². The van der Waals surface area contributed by atoms with Crippen LogP contribution in [0, 0.1) is 0 Å². The molecular formula is C20H38N2O10S2. The highest BCUT2D eigenvalue weighted by atomic mass is 32.2. The number of hydroxylamine groups is 2. The lowest BCUT2D eigenvalue weighted by molar-refractivity contribution is -0.357. The third kappa shape index (κ3) is 8.50. The first-order valence-electron chi connectivity index (χ1n) is 11.3. The molecule has 0 amide bonds. The molecular weight excluding hydrogens is 492 g/mol. The summed E-state index contributed by atoms with van der Waals surface area (Å²) in [5.74, 6) is 3.83. The molecule has 2 aliphatic heterocycles. The van der Waals surface area contributed by atoms with Gasteiger partial charge in [0.1, 0.15) is 42.9 Å². The summed E-state index contributed by atoms with van der Waals surface area (Å²) in [6.07, 6.45) is -10.6. The van der Waals surface area contributed by atoms with Crippen molar-refractivity contribution in [1.82, 2.24) is 5.06 Å². The highest BCUT2D eigenvalue weighted by Gasteiger charge is 2.50. The molecule has 0 aromatic heterocycles. The number of nitrogens with zero attached hydrogens (tertiary/aromatic N) is 1. The molecule has 6 unspecified atom stereocenters. The van der Waals surface area contributed by atoms with Crippen molar-refractivity contribution in [3.8, 4) is 0 Å². The third-order valence-corrected chi connectivity index (χ3v) is 7.90. The Hall–Kier alpha value is -0.0700. The minimum absolute atomic E-state index is 0.101. The number of aliphatic hydroxyl groups is 5.